The van der Waals surface area contributed by atoms with Crippen molar-refractivity contribution in [1.29, 1.82) is 0 Å². The summed E-state index contributed by atoms with van der Waals surface area (Å²) in [7, 11) is 0. The van der Waals surface area contributed by atoms with Gasteiger partial charge in [-0.1, -0.05) is 18.8 Å². The summed E-state index contributed by atoms with van der Waals surface area (Å²) in [5.74, 6) is 8.48. The van der Waals surface area contributed by atoms with E-state index in [1.165, 1.54) is 0 Å². The molecule has 0 aliphatic carbocycles. The van der Waals surface area contributed by atoms with Crippen LogP contribution in [0.2, 0.25) is 0 Å². The van der Waals surface area contributed by atoms with Crippen molar-refractivity contribution >= 4 is 33.9 Å². The highest BCUT2D eigenvalue weighted by Crippen LogP contribution is 2.33. The van der Waals surface area contributed by atoms with Gasteiger partial charge in [-0.05, 0) is 62.1 Å². The zero-order valence-corrected chi connectivity index (χ0v) is 21.2. The molecule has 2 aromatic carbocycles. The molecule has 0 bridgehead atoms. The number of imidazole rings is 2. The van der Waals surface area contributed by atoms with Crippen LogP contribution in [0.4, 0.5) is 0 Å². The Bertz CT molecular complexity index is 1570. The quantitative estimate of drug-likeness (QED) is 0.407. The molecule has 2 saturated heterocycles. The number of amides is 2. The van der Waals surface area contributed by atoms with Crippen LogP contribution in [0.25, 0.3) is 22.1 Å². The van der Waals surface area contributed by atoms with E-state index in [0.29, 0.717) is 6.42 Å². The van der Waals surface area contributed by atoms with Crippen LogP contribution in [0.3, 0.4) is 0 Å². The number of hydrogen-bond acceptors (Lipinski definition) is 4. The number of carbonyl (C=O) groups excluding carboxylic acids is 2. The summed E-state index contributed by atoms with van der Waals surface area (Å²) in [6, 6.07) is 12.0. The van der Waals surface area contributed by atoms with Gasteiger partial charge in [0.1, 0.15) is 11.6 Å². The molecule has 6 rings (SSSR count). The third kappa shape index (κ3) is 4.35. The first-order valence-corrected chi connectivity index (χ1v) is 13.1. The number of H-pyrrole nitrogens is 2. The van der Waals surface area contributed by atoms with Crippen LogP contribution >= 0.6 is 0 Å². The van der Waals surface area contributed by atoms with E-state index >= 15 is 0 Å². The minimum absolute atomic E-state index is 0.0151. The van der Waals surface area contributed by atoms with Gasteiger partial charge >= 0.3 is 0 Å². The second-order valence-corrected chi connectivity index (χ2v) is 9.93. The number of benzene rings is 2. The van der Waals surface area contributed by atoms with E-state index in [1.54, 1.807) is 6.92 Å². The number of aromatic amines is 2. The van der Waals surface area contributed by atoms with Crippen LogP contribution < -0.4 is 0 Å². The highest BCUT2D eigenvalue weighted by atomic mass is 16.2. The smallest absolute Gasteiger partial charge is 0.222 e. The molecule has 8 heteroatoms. The minimum Gasteiger partial charge on any atom is -0.340 e. The predicted molar refractivity (Wildman–Crippen MR) is 142 cm³/mol. The molecule has 4 aromatic rings. The third-order valence-corrected chi connectivity index (χ3v) is 7.52. The molecule has 2 atom stereocenters. The summed E-state index contributed by atoms with van der Waals surface area (Å²) in [5, 5.41) is 0. The van der Waals surface area contributed by atoms with Gasteiger partial charge in [0, 0.05) is 37.6 Å². The lowest BCUT2D eigenvalue weighted by atomic mass is 10.1. The van der Waals surface area contributed by atoms with Crippen molar-refractivity contribution in [3.63, 3.8) is 0 Å². The molecule has 0 saturated carbocycles. The molecule has 0 spiro atoms. The van der Waals surface area contributed by atoms with E-state index in [4.69, 9.17) is 9.97 Å². The van der Waals surface area contributed by atoms with Crippen LogP contribution in [0.5, 0.6) is 0 Å². The van der Waals surface area contributed by atoms with Gasteiger partial charge in [0.2, 0.25) is 11.8 Å². The molecule has 2 amide bonds. The van der Waals surface area contributed by atoms with E-state index in [9.17, 15) is 9.59 Å². The second kappa shape index (κ2) is 9.40. The van der Waals surface area contributed by atoms with Crippen LogP contribution in [0, 0.1) is 11.8 Å². The van der Waals surface area contributed by atoms with Crippen molar-refractivity contribution in [2.24, 2.45) is 0 Å². The maximum absolute atomic E-state index is 12.3. The third-order valence-electron chi connectivity index (χ3n) is 7.52. The first-order chi connectivity index (χ1) is 18.0. The highest BCUT2D eigenvalue weighted by molar-refractivity contribution is 5.80. The molecule has 0 unspecified atom stereocenters. The Kier molecular flexibility index (Phi) is 5.91. The minimum atomic E-state index is 0.0151. The van der Waals surface area contributed by atoms with Crippen molar-refractivity contribution in [3.8, 4) is 11.8 Å². The Hall–Kier alpha value is -4.12. The summed E-state index contributed by atoms with van der Waals surface area (Å²) in [4.78, 5) is 44.5. The normalized spacial score (nSPS) is 19.5. The lowest BCUT2D eigenvalue weighted by molar-refractivity contribution is -0.132. The number of rotatable bonds is 3. The van der Waals surface area contributed by atoms with Gasteiger partial charge in [0.05, 0.1) is 34.2 Å². The summed E-state index contributed by atoms with van der Waals surface area (Å²) in [6.45, 7) is 5.10. The SMILES string of the molecule is CCC(=O)N1CCC[C@H]1c1nc2cc(C#Cc3ccc4nc([C@@H]5CCCN5C(C)=O)[nH]c4c3)ccc2[nH]1. The lowest BCUT2D eigenvalue weighted by Crippen LogP contribution is -2.30. The van der Waals surface area contributed by atoms with Crippen LogP contribution in [0.1, 0.15) is 80.8 Å². The largest absolute Gasteiger partial charge is 0.340 e. The van der Waals surface area contributed by atoms with Gasteiger partial charge in [0.15, 0.2) is 0 Å². The lowest BCUT2D eigenvalue weighted by Gasteiger charge is -2.22. The van der Waals surface area contributed by atoms with Gasteiger partial charge in [0.25, 0.3) is 0 Å². The van der Waals surface area contributed by atoms with Crippen molar-refractivity contribution in [1.82, 2.24) is 29.7 Å². The van der Waals surface area contributed by atoms with E-state index in [-0.39, 0.29) is 23.9 Å². The van der Waals surface area contributed by atoms with Gasteiger partial charge in [-0.15, -0.1) is 0 Å². The molecular formula is C29H30N6O2. The average Bonchev–Trinajstić information content (AvgIpc) is 3.70. The standard InChI is InChI=1S/C29H30N6O2/c1-3-27(37)35-15-5-7-26(35)29-31-22-13-11-20(17-24(22)33-29)9-8-19-10-12-21-23(16-19)32-28(30-21)25-6-4-14-34(25)18(2)36/h10-13,16-17,25-26H,3-7,14-15H2,1-2H3,(H,30,32)(H,31,33)/t25-,26-/m0/s1. The molecule has 37 heavy (non-hydrogen) atoms. The number of hydrogen-bond donors (Lipinski definition) is 2. The summed E-state index contributed by atoms with van der Waals surface area (Å²) in [6.07, 6.45) is 4.37. The highest BCUT2D eigenvalue weighted by Gasteiger charge is 2.31. The fourth-order valence-corrected chi connectivity index (χ4v) is 5.65. The Morgan fingerprint density at radius 2 is 1.49 bits per heavy atom. The van der Waals surface area contributed by atoms with Crippen LogP contribution in [-0.4, -0.2) is 54.6 Å². The Balaban J connectivity index is 1.24. The number of carbonyl (C=O) groups is 2. The first kappa shape index (κ1) is 23.3. The number of aromatic nitrogens is 4. The zero-order chi connectivity index (χ0) is 25.5. The molecule has 2 N–H and O–H groups in total. The first-order valence-electron chi connectivity index (χ1n) is 13.1. The molecule has 2 aliphatic heterocycles. The fourth-order valence-electron chi connectivity index (χ4n) is 5.65. The summed E-state index contributed by atoms with van der Waals surface area (Å²) >= 11 is 0. The van der Waals surface area contributed by atoms with E-state index in [1.807, 2.05) is 53.1 Å². The molecule has 188 valence electrons. The summed E-state index contributed by atoms with van der Waals surface area (Å²) in [5.41, 5.74) is 5.38. The van der Waals surface area contributed by atoms with Crippen molar-refractivity contribution < 1.29 is 9.59 Å². The topological polar surface area (TPSA) is 98.0 Å². The Morgan fingerprint density at radius 3 is 2.22 bits per heavy atom. The molecule has 0 radical (unpaired) electrons. The van der Waals surface area contributed by atoms with Crippen molar-refractivity contribution in [3.05, 3.63) is 59.2 Å². The Labute approximate surface area is 215 Å². The van der Waals surface area contributed by atoms with E-state index in [0.717, 1.165) is 83.6 Å². The summed E-state index contributed by atoms with van der Waals surface area (Å²) < 4.78 is 0. The maximum atomic E-state index is 12.3. The number of nitrogens with one attached hydrogen (secondary N) is 2. The van der Waals surface area contributed by atoms with Crippen molar-refractivity contribution in [2.45, 2.75) is 58.0 Å². The Morgan fingerprint density at radius 1 is 0.865 bits per heavy atom. The molecule has 2 aromatic heterocycles. The molecule has 8 nitrogen and oxygen atoms in total. The molecule has 2 fully saturated rings. The molecule has 2 aliphatic rings. The number of nitrogens with zero attached hydrogens (tertiary/aromatic N) is 4. The number of likely N-dealkylation sites (tertiary alicyclic amines) is 2. The van der Waals surface area contributed by atoms with Crippen molar-refractivity contribution in [2.75, 3.05) is 13.1 Å². The molecule has 4 heterocycles. The monoisotopic (exact) mass is 494 g/mol. The average molecular weight is 495 g/mol. The van der Waals surface area contributed by atoms with Crippen LogP contribution in [0.15, 0.2) is 36.4 Å². The zero-order valence-electron chi connectivity index (χ0n) is 21.2. The van der Waals surface area contributed by atoms with Gasteiger partial charge in [-0.25, -0.2) is 9.97 Å². The molecular weight excluding hydrogens is 464 g/mol. The van der Waals surface area contributed by atoms with Gasteiger partial charge < -0.3 is 19.8 Å². The van der Waals surface area contributed by atoms with Gasteiger partial charge in [-0.2, -0.15) is 0 Å². The van der Waals surface area contributed by atoms with Crippen LogP contribution in [-0.2, 0) is 9.59 Å². The van der Waals surface area contributed by atoms with Gasteiger partial charge in [-0.3, -0.25) is 9.59 Å². The predicted octanol–water partition coefficient (Wildman–Crippen LogP) is 4.60. The van der Waals surface area contributed by atoms with E-state index in [2.05, 4.69) is 21.8 Å². The maximum Gasteiger partial charge on any atom is 0.222 e. The fraction of sp³-hybridized carbons (Fsp3) is 0.379. The number of fused-ring (bicyclic) bond motifs is 2. The van der Waals surface area contributed by atoms with E-state index < -0.39 is 0 Å². The second-order valence-electron chi connectivity index (χ2n) is 9.93.